The van der Waals surface area contributed by atoms with Gasteiger partial charge in [-0.05, 0) is 25.5 Å². The highest BCUT2D eigenvalue weighted by Gasteiger charge is 2.47. The van der Waals surface area contributed by atoms with Gasteiger partial charge in [-0.3, -0.25) is 0 Å². The summed E-state index contributed by atoms with van der Waals surface area (Å²) < 4.78 is 25.4. The summed E-state index contributed by atoms with van der Waals surface area (Å²) >= 11 is 1.59. The molecule has 1 spiro atoms. The van der Waals surface area contributed by atoms with E-state index in [0.717, 1.165) is 36.1 Å². The Bertz CT molecular complexity index is 712. The van der Waals surface area contributed by atoms with Crippen molar-refractivity contribution in [3.8, 4) is 5.88 Å². The lowest BCUT2D eigenvalue weighted by atomic mass is 9.98. The van der Waals surface area contributed by atoms with Crippen LogP contribution in [0.4, 0.5) is 9.52 Å². The minimum absolute atomic E-state index is 0.0488. The van der Waals surface area contributed by atoms with Gasteiger partial charge in [-0.15, -0.1) is 10.2 Å². The number of aryl methyl sites for hydroxylation is 1. The zero-order valence-electron chi connectivity index (χ0n) is 12.7. The van der Waals surface area contributed by atoms with E-state index < -0.39 is 5.82 Å². The molecule has 0 unspecified atom stereocenters. The topological polar surface area (TPSA) is 60.4 Å². The highest BCUT2D eigenvalue weighted by Crippen LogP contribution is 2.38. The van der Waals surface area contributed by atoms with Crippen LogP contribution in [0.3, 0.4) is 0 Å². The average Bonchev–Trinajstić information content (AvgIpc) is 3.24. The van der Waals surface area contributed by atoms with Gasteiger partial charge < -0.3 is 14.4 Å². The summed E-state index contributed by atoms with van der Waals surface area (Å²) in [5, 5.41) is 10.2. The Hall–Kier alpha value is -1.80. The Balaban J connectivity index is 1.41. The molecule has 0 radical (unpaired) electrons. The number of hydrogen-bond donors (Lipinski definition) is 0. The number of hydrogen-bond acceptors (Lipinski definition) is 7. The van der Waals surface area contributed by atoms with Gasteiger partial charge in [0.1, 0.15) is 11.1 Å². The van der Waals surface area contributed by atoms with E-state index in [4.69, 9.17) is 9.47 Å². The molecule has 0 aliphatic carbocycles. The van der Waals surface area contributed by atoms with Crippen LogP contribution in [0.15, 0.2) is 18.3 Å². The molecule has 122 valence electrons. The van der Waals surface area contributed by atoms with E-state index in [0.29, 0.717) is 6.61 Å². The smallest absolute Gasteiger partial charge is 0.250 e. The molecule has 2 saturated heterocycles. The molecule has 2 aliphatic heterocycles. The second-order valence-electron chi connectivity index (χ2n) is 6.00. The number of anilines is 1. The predicted octanol–water partition coefficient (Wildman–Crippen LogP) is 2.20. The highest BCUT2D eigenvalue weighted by molar-refractivity contribution is 7.15. The summed E-state index contributed by atoms with van der Waals surface area (Å²) in [5.74, 6) is -0.390. The van der Waals surface area contributed by atoms with Crippen LogP contribution in [0, 0.1) is 12.7 Å². The minimum atomic E-state index is -0.439. The van der Waals surface area contributed by atoms with Gasteiger partial charge in [0.15, 0.2) is 5.82 Å². The summed E-state index contributed by atoms with van der Waals surface area (Å²) in [5.41, 5.74) is -0.241. The molecule has 6 nitrogen and oxygen atoms in total. The normalized spacial score (nSPS) is 27.0. The molecule has 4 heterocycles. The van der Waals surface area contributed by atoms with Gasteiger partial charge in [0, 0.05) is 25.7 Å². The van der Waals surface area contributed by atoms with Gasteiger partial charge in [0.05, 0.1) is 12.2 Å². The van der Waals surface area contributed by atoms with Crippen LogP contribution in [0.5, 0.6) is 5.88 Å². The average molecular weight is 336 g/mol. The quantitative estimate of drug-likeness (QED) is 0.856. The van der Waals surface area contributed by atoms with Crippen molar-refractivity contribution in [2.45, 2.75) is 31.5 Å². The van der Waals surface area contributed by atoms with E-state index >= 15 is 0 Å². The first-order valence-corrected chi connectivity index (χ1v) is 8.41. The molecule has 2 fully saturated rings. The first-order chi connectivity index (χ1) is 11.1. The largest absolute Gasteiger partial charge is 0.470 e. The van der Waals surface area contributed by atoms with Gasteiger partial charge in [-0.2, -0.15) is 0 Å². The zero-order chi connectivity index (χ0) is 15.9. The molecule has 0 aromatic carbocycles. The number of ether oxygens (including phenoxy) is 2. The Kier molecular flexibility index (Phi) is 3.65. The van der Waals surface area contributed by atoms with Crippen molar-refractivity contribution < 1.29 is 13.9 Å². The van der Waals surface area contributed by atoms with Crippen LogP contribution >= 0.6 is 11.3 Å². The van der Waals surface area contributed by atoms with E-state index in [1.165, 1.54) is 12.3 Å². The predicted molar refractivity (Wildman–Crippen MR) is 83.4 cm³/mol. The number of pyridine rings is 1. The third kappa shape index (κ3) is 2.88. The molecule has 8 heteroatoms. The van der Waals surface area contributed by atoms with Crippen LogP contribution in [0.1, 0.15) is 17.8 Å². The molecule has 0 bridgehead atoms. The molecule has 4 rings (SSSR count). The fourth-order valence-electron chi connectivity index (χ4n) is 3.20. The van der Waals surface area contributed by atoms with Crippen molar-refractivity contribution in [1.29, 1.82) is 0 Å². The number of aromatic nitrogens is 3. The summed E-state index contributed by atoms with van der Waals surface area (Å²) in [6.07, 6.45) is 3.00. The lowest BCUT2D eigenvalue weighted by Crippen LogP contribution is -2.33. The first-order valence-electron chi connectivity index (χ1n) is 7.60. The molecule has 0 saturated carbocycles. The van der Waals surface area contributed by atoms with Crippen molar-refractivity contribution in [3.63, 3.8) is 0 Å². The lowest BCUT2D eigenvalue weighted by Gasteiger charge is -2.22. The van der Waals surface area contributed by atoms with Crippen molar-refractivity contribution in [1.82, 2.24) is 15.2 Å². The summed E-state index contributed by atoms with van der Waals surface area (Å²) in [4.78, 5) is 6.15. The van der Waals surface area contributed by atoms with Gasteiger partial charge in [0.2, 0.25) is 5.13 Å². The lowest BCUT2D eigenvalue weighted by molar-refractivity contribution is 0.0193. The maximum atomic E-state index is 13.6. The maximum Gasteiger partial charge on any atom is 0.250 e. The number of rotatable bonds is 3. The third-order valence-corrected chi connectivity index (χ3v) is 5.18. The van der Waals surface area contributed by atoms with Crippen LogP contribution in [-0.4, -0.2) is 46.6 Å². The highest BCUT2D eigenvalue weighted by atomic mass is 32.1. The number of nitrogens with zero attached hydrogens (tertiary/aromatic N) is 4. The molecule has 2 aromatic heterocycles. The molecule has 2 atom stereocenters. The zero-order valence-corrected chi connectivity index (χ0v) is 13.6. The van der Waals surface area contributed by atoms with Crippen molar-refractivity contribution in [2.24, 2.45) is 0 Å². The number of halogens is 1. The van der Waals surface area contributed by atoms with Gasteiger partial charge in [0.25, 0.3) is 5.88 Å². The van der Waals surface area contributed by atoms with Crippen LogP contribution in [0.2, 0.25) is 0 Å². The van der Waals surface area contributed by atoms with Crippen molar-refractivity contribution in [3.05, 3.63) is 29.2 Å². The van der Waals surface area contributed by atoms with E-state index in [1.807, 2.05) is 6.92 Å². The van der Waals surface area contributed by atoms with Crippen molar-refractivity contribution >= 4 is 16.5 Å². The first kappa shape index (κ1) is 14.8. The molecule has 0 amide bonds. The SMILES string of the molecule is Cc1nnc(N2CC[C@]3(C[C@@H](Oc4ncccc4F)CO3)C2)s1. The Morgan fingerprint density at radius 3 is 3.17 bits per heavy atom. The fraction of sp³-hybridized carbons (Fsp3) is 0.533. The fourth-order valence-corrected chi connectivity index (χ4v) is 3.91. The van der Waals surface area contributed by atoms with Gasteiger partial charge in [-0.1, -0.05) is 11.3 Å². The van der Waals surface area contributed by atoms with Crippen LogP contribution in [-0.2, 0) is 4.74 Å². The summed E-state index contributed by atoms with van der Waals surface area (Å²) in [6, 6.07) is 2.90. The molecule has 0 N–H and O–H groups in total. The summed E-state index contributed by atoms with van der Waals surface area (Å²) in [6.45, 7) is 4.06. The minimum Gasteiger partial charge on any atom is -0.470 e. The maximum absolute atomic E-state index is 13.6. The van der Waals surface area contributed by atoms with E-state index in [2.05, 4.69) is 20.1 Å². The Morgan fingerprint density at radius 1 is 1.48 bits per heavy atom. The van der Waals surface area contributed by atoms with Crippen LogP contribution in [0.25, 0.3) is 0 Å². The molecular formula is C15H17FN4O2S. The molecular weight excluding hydrogens is 319 g/mol. The second kappa shape index (κ2) is 5.68. The van der Waals surface area contributed by atoms with Gasteiger partial charge >= 0.3 is 0 Å². The van der Waals surface area contributed by atoms with E-state index in [9.17, 15) is 4.39 Å². The second-order valence-corrected chi connectivity index (χ2v) is 7.16. The monoisotopic (exact) mass is 336 g/mol. The van der Waals surface area contributed by atoms with Crippen LogP contribution < -0.4 is 9.64 Å². The molecule has 23 heavy (non-hydrogen) atoms. The molecule has 2 aliphatic rings. The van der Waals surface area contributed by atoms with E-state index in [-0.39, 0.29) is 17.6 Å². The summed E-state index contributed by atoms with van der Waals surface area (Å²) in [7, 11) is 0. The Labute approximate surface area is 137 Å². The third-order valence-electron chi connectivity index (χ3n) is 4.28. The molecule has 2 aromatic rings. The Morgan fingerprint density at radius 2 is 2.39 bits per heavy atom. The standard InChI is InChI=1S/C15H17FN4O2S/c1-10-18-19-14(23-10)20-6-4-15(9-20)7-11(8-21-15)22-13-12(16)3-2-5-17-13/h2-3,5,11H,4,6-9H2,1H3/t11-,15+/m1/s1. The van der Waals surface area contributed by atoms with Gasteiger partial charge in [-0.25, -0.2) is 9.37 Å². The van der Waals surface area contributed by atoms with E-state index in [1.54, 1.807) is 17.4 Å². The van der Waals surface area contributed by atoms with Crippen molar-refractivity contribution in [2.75, 3.05) is 24.6 Å².